The van der Waals surface area contributed by atoms with E-state index in [1.807, 2.05) is 0 Å². The molecule has 2 heteroatoms. The standard InChI is InChI=1S/C20H35NO/c1-9-19(3,4)16-13-15(11-12-21(7)8)14-17(18(16)22)20(5,6)10-2/h13-14,22H,9-12H2,1-8H3. The van der Waals surface area contributed by atoms with Gasteiger partial charge in [-0.05, 0) is 49.8 Å². The summed E-state index contributed by atoms with van der Waals surface area (Å²) in [5.41, 5.74) is 3.53. The van der Waals surface area contributed by atoms with Crippen LogP contribution in [0.15, 0.2) is 12.1 Å². The van der Waals surface area contributed by atoms with Gasteiger partial charge in [-0.3, -0.25) is 0 Å². The van der Waals surface area contributed by atoms with Crippen LogP contribution in [0.2, 0.25) is 0 Å². The van der Waals surface area contributed by atoms with Crippen LogP contribution in [-0.2, 0) is 17.3 Å². The predicted molar refractivity (Wildman–Crippen MR) is 97.0 cm³/mol. The largest absolute Gasteiger partial charge is 0.507 e. The first-order chi connectivity index (χ1) is 10.0. The van der Waals surface area contributed by atoms with Gasteiger partial charge in [0.2, 0.25) is 0 Å². The highest BCUT2D eigenvalue weighted by Gasteiger charge is 2.29. The summed E-state index contributed by atoms with van der Waals surface area (Å²) in [4.78, 5) is 2.21. The van der Waals surface area contributed by atoms with Gasteiger partial charge in [0.1, 0.15) is 5.75 Å². The molecule has 0 spiro atoms. The van der Waals surface area contributed by atoms with Gasteiger partial charge in [0, 0.05) is 17.7 Å². The van der Waals surface area contributed by atoms with Crippen LogP contribution in [0.4, 0.5) is 0 Å². The van der Waals surface area contributed by atoms with E-state index in [2.05, 4.69) is 72.7 Å². The number of phenolic OH excluding ortho intramolecular Hbond substituents is 1. The van der Waals surface area contributed by atoms with Crippen molar-refractivity contribution in [3.05, 3.63) is 28.8 Å². The Bertz CT molecular complexity index is 463. The average molecular weight is 306 g/mol. The smallest absolute Gasteiger partial charge is 0.123 e. The Morgan fingerprint density at radius 3 is 1.64 bits per heavy atom. The zero-order valence-electron chi connectivity index (χ0n) is 15.9. The van der Waals surface area contributed by atoms with Gasteiger partial charge in [0.25, 0.3) is 0 Å². The monoisotopic (exact) mass is 305 g/mol. The van der Waals surface area contributed by atoms with E-state index < -0.39 is 0 Å². The maximum atomic E-state index is 10.9. The zero-order chi connectivity index (χ0) is 17.1. The molecule has 0 amide bonds. The van der Waals surface area contributed by atoms with E-state index in [1.54, 1.807) is 0 Å². The molecule has 0 heterocycles. The third-order valence-electron chi connectivity index (χ3n) is 5.24. The molecule has 0 saturated heterocycles. The van der Waals surface area contributed by atoms with Crippen LogP contribution in [-0.4, -0.2) is 30.6 Å². The molecule has 0 aliphatic heterocycles. The maximum absolute atomic E-state index is 10.9. The van der Waals surface area contributed by atoms with Crippen molar-refractivity contribution in [3.8, 4) is 5.75 Å². The van der Waals surface area contributed by atoms with Gasteiger partial charge in [-0.1, -0.05) is 53.7 Å². The molecule has 1 N–H and O–H groups in total. The summed E-state index contributed by atoms with van der Waals surface area (Å²) in [5, 5.41) is 10.9. The lowest BCUT2D eigenvalue weighted by Crippen LogP contribution is -2.22. The number of nitrogens with zero attached hydrogens (tertiary/aromatic N) is 1. The predicted octanol–water partition coefficient (Wildman–Crippen LogP) is 4.87. The molecule has 0 radical (unpaired) electrons. The van der Waals surface area contributed by atoms with E-state index in [0.29, 0.717) is 5.75 Å². The van der Waals surface area contributed by atoms with Gasteiger partial charge in [-0.15, -0.1) is 0 Å². The quantitative estimate of drug-likeness (QED) is 0.776. The molecule has 0 fully saturated rings. The number of hydrogen-bond acceptors (Lipinski definition) is 2. The van der Waals surface area contributed by atoms with Crippen molar-refractivity contribution in [1.29, 1.82) is 0 Å². The number of aromatic hydroxyl groups is 1. The molecular weight excluding hydrogens is 270 g/mol. The topological polar surface area (TPSA) is 23.5 Å². The Labute approximate surface area is 137 Å². The molecule has 1 aromatic carbocycles. The molecule has 0 saturated carbocycles. The zero-order valence-corrected chi connectivity index (χ0v) is 15.9. The van der Waals surface area contributed by atoms with Crippen molar-refractivity contribution in [2.24, 2.45) is 0 Å². The normalized spacial score (nSPS) is 13.0. The van der Waals surface area contributed by atoms with Gasteiger partial charge < -0.3 is 10.0 Å². The van der Waals surface area contributed by atoms with E-state index in [0.717, 1.165) is 36.9 Å². The molecule has 0 aliphatic rings. The Morgan fingerprint density at radius 2 is 1.32 bits per heavy atom. The van der Waals surface area contributed by atoms with E-state index in [-0.39, 0.29) is 10.8 Å². The first kappa shape index (κ1) is 19.0. The second kappa shape index (κ2) is 7.04. The van der Waals surface area contributed by atoms with E-state index in [9.17, 15) is 5.11 Å². The Balaban J connectivity index is 3.44. The van der Waals surface area contributed by atoms with Gasteiger partial charge in [0.05, 0.1) is 0 Å². The Hall–Kier alpha value is -1.02. The van der Waals surface area contributed by atoms with Gasteiger partial charge in [0.15, 0.2) is 0 Å². The molecule has 2 nitrogen and oxygen atoms in total. The molecule has 0 atom stereocenters. The van der Waals surface area contributed by atoms with Crippen LogP contribution < -0.4 is 0 Å². The molecule has 1 rings (SSSR count). The fourth-order valence-electron chi connectivity index (χ4n) is 2.60. The summed E-state index contributed by atoms with van der Waals surface area (Å²) in [6.45, 7) is 14.3. The lowest BCUT2D eigenvalue weighted by atomic mass is 9.74. The minimum Gasteiger partial charge on any atom is -0.507 e. The summed E-state index contributed by atoms with van der Waals surface area (Å²) >= 11 is 0. The molecule has 0 aromatic heterocycles. The lowest BCUT2D eigenvalue weighted by Gasteiger charge is -2.31. The Kier molecular flexibility index (Phi) is 6.09. The highest BCUT2D eigenvalue weighted by atomic mass is 16.3. The van der Waals surface area contributed by atoms with Crippen LogP contribution in [0.25, 0.3) is 0 Å². The van der Waals surface area contributed by atoms with Crippen LogP contribution >= 0.6 is 0 Å². The second-order valence-electron chi connectivity index (χ2n) is 8.07. The minimum absolute atomic E-state index is 0.00319. The molecule has 126 valence electrons. The third kappa shape index (κ3) is 4.25. The van der Waals surface area contributed by atoms with Gasteiger partial charge in [-0.2, -0.15) is 0 Å². The van der Waals surface area contributed by atoms with Crippen LogP contribution in [0, 0.1) is 0 Å². The maximum Gasteiger partial charge on any atom is 0.123 e. The molecule has 0 bridgehead atoms. The second-order valence-corrected chi connectivity index (χ2v) is 8.07. The highest BCUT2D eigenvalue weighted by Crippen LogP contribution is 2.42. The molecule has 22 heavy (non-hydrogen) atoms. The van der Waals surface area contributed by atoms with E-state index >= 15 is 0 Å². The highest BCUT2D eigenvalue weighted by molar-refractivity contribution is 5.50. The summed E-state index contributed by atoms with van der Waals surface area (Å²) < 4.78 is 0. The molecule has 0 unspecified atom stereocenters. The minimum atomic E-state index is -0.00319. The first-order valence-corrected chi connectivity index (χ1v) is 8.56. The summed E-state index contributed by atoms with van der Waals surface area (Å²) in [5.74, 6) is 0.507. The number of rotatable bonds is 7. The lowest BCUT2D eigenvalue weighted by molar-refractivity contribution is 0.396. The van der Waals surface area contributed by atoms with Gasteiger partial charge >= 0.3 is 0 Å². The van der Waals surface area contributed by atoms with Crippen molar-refractivity contribution in [3.63, 3.8) is 0 Å². The number of likely N-dealkylation sites (N-methyl/N-ethyl adjacent to an activating group) is 1. The van der Waals surface area contributed by atoms with Crippen molar-refractivity contribution < 1.29 is 5.11 Å². The Morgan fingerprint density at radius 1 is 0.909 bits per heavy atom. The summed E-state index contributed by atoms with van der Waals surface area (Å²) in [6.07, 6.45) is 3.06. The van der Waals surface area contributed by atoms with E-state index in [1.165, 1.54) is 5.56 Å². The SMILES string of the molecule is CCC(C)(C)c1cc(CCN(C)C)cc(C(C)(C)CC)c1O. The fourth-order valence-corrected chi connectivity index (χ4v) is 2.60. The van der Waals surface area contributed by atoms with Crippen LogP contribution in [0.1, 0.15) is 71.1 Å². The average Bonchev–Trinajstić information content (AvgIpc) is 2.45. The van der Waals surface area contributed by atoms with Gasteiger partial charge in [-0.25, -0.2) is 0 Å². The van der Waals surface area contributed by atoms with Crippen LogP contribution in [0.3, 0.4) is 0 Å². The van der Waals surface area contributed by atoms with E-state index in [4.69, 9.17) is 0 Å². The molecule has 0 aliphatic carbocycles. The fraction of sp³-hybridized carbons (Fsp3) is 0.700. The summed E-state index contributed by atoms with van der Waals surface area (Å²) in [7, 11) is 4.21. The summed E-state index contributed by atoms with van der Waals surface area (Å²) in [6, 6.07) is 4.44. The first-order valence-electron chi connectivity index (χ1n) is 8.56. The third-order valence-corrected chi connectivity index (χ3v) is 5.24. The number of hydrogen-bond donors (Lipinski definition) is 1. The molecular formula is C20H35NO. The number of phenols is 1. The van der Waals surface area contributed by atoms with Crippen LogP contribution in [0.5, 0.6) is 5.75 Å². The van der Waals surface area contributed by atoms with Crippen molar-refractivity contribution in [2.45, 2.75) is 71.6 Å². The molecule has 1 aromatic rings. The number of benzene rings is 1. The van der Waals surface area contributed by atoms with Crippen molar-refractivity contribution in [2.75, 3.05) is 20.6 Å². The van der Waals surface area contributed by atoms with Crippen molar-refractivity contribution >= 4 is 0 Å². The van der Waals surface area contributed by atoms with Crippen molar-refractivity contribution in [1.82, 2.24) is 4.90 Å².